The van der Waals surface area contributed by atoms with Gasteiger partial charge in [-0.1, -0.05) is 0 Å². The number of ether oxygens (including phenoxy) is 2. The molecule has 0 spiro atoms. The highest BCUT2D eigenvalue weighted by molar-refractivity contribution is 5.40. The van der Waals surface area contributed by atoms with Gasteiger partial charge in [-0.3, -0.25) is 0 Å². The van der Waals surface area contributed by atoms with E-state index in [0.717, 1.165) is 18.0 Å². The van der Waals surface area contributed by atoms with Gasteiger partial charge in [0.1, 0.15) is 18.0 Å². The number of rotatable bonds is 12. The Kier molecular flexibility index (Phi) is 9.76. The van der Waals surface area contributed by atoms with Crippen LogP contribution in [-0.4, -0.2) is 68.6 Å². The third-order valence-corrected chi connectivity index (χ3v) is 4.35. The smallest absolute Gasteiger partial charge is 0.131 e. The van der Waals surface area contributed by atoms with Crippen molar-refractivity contribution >= 4 is 0 Å². The van der Waals surface area contributed by atoms with Gasteiger partial charge in [0.2, 0.25) is 0 Å². The Morgan fingerprint density at radius 1 is 0.792 bits per heavy atom. The highest BCUT2D eigenvalue weighted by Crippen LogP contribution is 2.23. The molecule has 0 aliphatic heterocycles. The number of hydrogen-bond acceptors (Lipinski definition) is 2. The van der Waals surface area contributed by atoms with Crippen molar-refractivity contribution in [3.8, 4) is 11.5 Å². The second-order valence-electron chi connectivity index (χ2n) is 7.23. The van der Waals surface area contributed by atoms with Crippen LogP contribution in [0.4, 0.5) is 0 Å². The van der Waals surface area contributed by atoms with Crippen molar-refractivity contribution in [3.05, 3.63) is 23.8 Å². The summed E-state index contributed by atoms with van der Waals surface area (Å²) in [6.07, 6.45) is 2.51. The van der Waals surface area contributed by atoms with E-state index in [1.54, 1.807) is 19.1 Å². The zero-order valence-electron chi connectivity index (χ0n) is 16.5. The van der Waals surface area contributed by atoms with E-state index in [1.807, 2.05) is 12.1 Å². The summed E-state index contributed by atoms with van der Waals surface area (Å²) in [4.78, 5) is 4.68. The average molecular weight is 341 g/mol. The molecule has 24 heavy (non-hydrogen) atoms. The molecule has 1 rings (SSSR count). The fourth-order valence-corrected chi connectivity index (χ4v) is 2.95. The predicted octanol–water partition coefficient (Wildman–Crippen LogP) is -1.84. The molecule has 1 aromatic carbocycles. The molecule has 3 N–H and O–H groups in total. The number of benzene rings is 1. The monoisotopic (exact) mass is 340 g/mol. The van der Waals surface area contributed by atoms with Crippen molar-refractivity contribution in [3.63, 3.8) is 0 Å². The van der Waals surface area contributed by atoms with E-state index in [4.69, 9.17) is 9.47 Å². The summed E-state index contributed by atoms with van der Waals surface area (Å²) in [5, 5.41) is 0. The number of methoxy groups -OCH3 is 2. The van der Waals surface area contributed by atoms with Gasteiger partial charge in [-0.25, -0.2) is 0 Å². The maximum atomic E-state index is 5.57. The van der Waals surface area contributed by atoms with Gasteiger partial charge < -0.3 is 24.2 Å². The van der Waals surface area contributed by atoms with Crippen LogP contribution in [0, 0.1) is 0 Å². The molecule has 0 aliphatic carbocycles. The van der Waals surface area contributed by atoms with Crippen molar-refractivity contribution in [1.29, 1.82) is 0 Å². The zero-order valence-corrected chi connectivity index (χ0v) is 16.5. The second-order valence-corrected chi connectivity index (χ2v) is 7.23. The van der Waals surface area contributed by atoms with Gasteiger partial charge in [0, 0.05) is 24.5 Å². The Morgan fingerprint density at radius 2 is 1.38 bits per heavy atom. The SMILES string of the molecule is COc1ccc(C[NH+](CCC[NH+](C)C)CCC[NH+](C)C)c(OC)c1. The van der Waals surface area contributed by atoms with E-state index in [9.17, 15) is 0 Å². The first-order chi connectivity index (χ1) is 11.5. The Balaban J connectivity index is 2.70. The van der Waals surface area contributed by atoms with Gasteiger partial charge in [0.05, 0.1) is 68.6 Å². The van der Waals surface area contributed by atoms with E-state index in [1.165, 1.54) is 54.4 Å². The lowest BCUT2D eigenvalue weighted by Crippen LogP contribution is -3.13. The van der Waals surface area contributed by atoms with Gasteiger partial charge >= 0.3 is 0 Å². The van der Waals surface area contributed by atoms with Crippen LogP contribution in [0.1, 0.15) is 18.4 Å². The topological polar surface area (TPSA) is 31.8 Å². The Morgan fingerprint density at radius 3 is 1.83 bits per heavy atom. The summed E-state index contributed by atoms with van der Waals surface area (Å²) in [6, 6.07) is 6.16. The molecule has 138 valence electrons. The lowest BCUT2D eigenvalue weighted by atomic mass is 10.1. The maximum absolute atomic E-state index is 5.57. The van der Waals surface area contributed by atoms with Gasteiger partial charge in [0.15, 0.2) is 0 Å². The first-order valence-electron chi connectivity index (χ1n) is 9.08. The molecule has 0 amide bonds. The van der Waals surface area contributed by atoms with Crippen molar-refractivity contribution in [2.45, 2.75) is 19.4 Å². The summed E-state index contributed by atoms with van der Waals surface area (Å²) in [6.45, 7) is 5.88. The molecule has 1 aromatic rings. The molecule has 0 saturated heterocycles. The lowest BCUT2D eigenvalue weighted by molar-refractivity contribution is -0.925. The molecule has 5 nitrogen and oxygen atoms in total. The van der Waals surface area contributed by atoms with Crippen molar-refractivity contribution < 1.29 is 24.2 Å². The van der Waals surface area contributed by atoms with E-state index in [-0.39, 0.29) is 0 Å². The first kappa shape index (κ1) is 20.7. The minimum Gasteiger partial charge on any atom is -0.497 e. The Labute approximate surface area is 148 Å². The van der Waals surface area contributed by atoms with Crippen LogP contribution in [0.3, 0.4) is 0 Å². The predicted molar refractivity (Wildman–Crippen MR) is 98.5 cm³/mol. The third kappa shape index (κ3) is 7.99. The molecule has 0 saturated carbocycles. The van der Waals surface area contributed by atoms with Crippen LogP contribution in [0.15, 0.2) is 18.2 Å². The standard InChI is InChI=1S/C19H35N3O2/c1-20(2)11-7-13-22(14-8-12-21(3)4)16-17-9-10-18(23-5)15-19(17)24-6/h9-10,15H,7-8,11-14,16H2,1-6H3/p+3. The highest BCUT2D eigenvalue weighted by Gasteiger charge is 2.15. The summed E-state index contributed by atoms with van der Waals surface area (Å²) in [7, 11) is 12.3. The molecule has 5 heteroatoms. The highest BCUT2D eigenvalue weighted by atomic mass is 16.5. The third-order valence-electron chi connectivity index (χ3n) is 4.35. The molecule has 0 fully saturated rings. The lowest BCUT2D eigenvalue weighted by Gasteiger charge is -2.21. The van der Waals surface area contributed by atoms with Gasteiger partial charge in [-0.2, -0.15) is 0 Å². The Bertz CT molecular complexity index is 450. The summed E-state index contributed by atoms with van der Waals surface area (Å²) in [5.74, 6) is 1.79. The molecule has 0 aliphatic rings. The van der Waals surface area contributed by atoms with Crippen molar-refractivity contribution in [1.82, 2.24) is 0 Å². The molecule has 0 aromatic heterocycles. The average Bonchev–Trinajstić information content (AvgIpc) is 2.54. The summed E-state index contributed by atoms with van der Waals surface area (Å²) in [5.41, 5.74) is 1.27. The summed E-state index contributed by atoms with van der Waals surface area (Å²) >= 11 is 0. The van der Waals surface area contributed by atoms with Crippen LogP contribution in [-0.2, 0) is 6.54 Å². The molecule has 0 unspecified atom stereocenters. The second kappa shape index (κ2) is 11.3. The van der Waals surface area contributed by atoms with Crippen molar-refractivity contribution in [2.24, 2.45) is 0 Å². The van der Waals surface area contributed by atoms with Gasteiger partial charge in [-0.05, 0) is 12.1 Å². The number of quaternary nitrogens is 3. The van der Waals surface area contributed by atoms with E-state index in [2.05, 4.69) is 34.3 Å². The first-order valence-corrected chi connectivity index (χ1v) is 9.08. The normalized spacial score (nSPS) is 11.5. The molecular weight excluding hydrogens is 302 g/mol. The number of hydrogen-bond donors (Lipinski definition) is 3. The molecule has 0 atom stereocenters. The molecule has 0 radical (unpaired) electrons. The zero-order chi connectivity index (χ0) is 17.9. The van der Waals surface area contributed by atoms with Crippen LogP contribution >= 0.6 is 0 Å². The van der Waals surface area contributed by atoms with E-state index < -0.39 is 0 Å². The quantitative estimate of drug-likeness (QED) is 0.418. The largest absolute Gasteiger partial charge is 0.497 e. The van der Waals surface area contributed by atoms with Crippen LogP contribution in [0.2, 0.25) is 0 Å². The Hall–Kier alpha value is -1.30. The van der Waals surface area contributed by atoms with Crippen LogP contribution in [0.5, 0.6) is 11.5 Å². The molecular formula is C19H38N3O2+3. The van der Waals surface area contributed by atoms with E-state index >= 15 is 0 Å². The molecule has 0 heterocycles. The van der Waals surface area contributed by atoms with Gasteiger partial charge in [-0.15, -0.1) is 0 Å². The van der Waals surface area contributed by atoms with Crippen molar-refractivity contribution in [2.75, 3.05) is 68.6 Å². The van der Waals surface area contributed by atoms with Crippen LogP contribution < -0.4 is 24.2 Å². The van der Waals surface area contributed by atoms with Crippen LogP contribution in [0.25, 0.3) is 0 Å². The number of nitrogens with one attached hydrogen (secondary N) is 3. The fraction of sp³-hybridized carbons (Fsp3) is 0.684. The minimum atomic E-state index is 0.851. The minimum absolute atomic E-state index is 0.851. The molecule has 0 bridgehead atoms. The fourth-order valence-electron chi connectivity index (χ4n) is 2.95. The summed E-state index contributed by atoms with van der Waals surface area (Å²) < 4.78 is 10.9. The van der Waals surface area contributed by atoms with E-state index in [0.29, 0.717) is 0 Å². The van der Waals surface area contributed by atoms with Gasteiger partial charge in [0.25, 0.3) is 0 Å². The maximum Gasteiger partial charge on any atom is 0.131 e.